The standard InChI is InChI=1S/C17H21N3O4/c1-3-4-9-14(15(21)19-11(2)17(23)24)20-10-18-13-8-6-5-7-12(13)16(20)22/h5-8,10-11,14H,3-4,9H2,1-2H3,(H,19,21)(H,23,24)/p-1/t11-,14+/m0/s1. The number of amides is 1. The van der Waals surface area contributed by atoms with Crippen LogP contribution in [0.2, 0.25) is 0 Å². The van der Waals surface area contributed by atoms with Gasteiger partial charge in [-0.15, -0.1) is 0 Å². The van der Waals surface area contributed by atoms with Gasteiger partial charge in [-0.3, -0.25) is 14.2 Å². The van der Waals surface area contributed by atoms with Crippen molar-refractivity contribution < 1.29 is 14.7 Å². The molecule has 7 nitrogen and oxygen atoms in total. The van der Waals surface area contributed by atoms with Crippen molar-refractivity contribution >= 4 is 22.8 Å². The van der Waals surface area contributed by atoms with Crippen LogP contribution in [0.25, 0.3) is 10.9 Å². The van der Waals surface area contributed by atoms with Crippen molar-refractivity contribution in [1.29, 1.82) is 0 Å². The number of rotatable bonds is 7. The van der Waals surface area contributed by atoms with E-state index in [9.17, 15) is 19.5 Å². The van der Waals surface area contributed by atoms with E-state index in [1.807, 2.05) is 6.92 Å². The number of aromatic nitrogens is 2. The lowest BCUT2D eigenvalue weighted by atomic mass is 10.1. The van der Waals surface area contributed by atoms with Gasteiger partial charge in [-0.05, 0) is 25.5 Å². The Bertz CT molecular complexity index is 800. The minimum Gasteiger partial charge on any atom is -0.548 e. The molecule has 0 unspecified atom stereocenters. The summed E-state index contributed by atoms with van der Waals surface area (Å²) in [6, 6.07) is 4.94. The molecule has 1 heterocycles. The van der Waals surface area contributed by atoms with Crippen LogP contribution in [0.3, 0.4) is 0 Å². The molecule has 0 aliphatic carbocycles. The van der Waals surface area contributed by atoms with Gasteiger partial charge < -0.3 is 15.2 Å². The third-order valence-electron chi connectivity index (χ3n) is 3.87. The summed E-state index contributed by atoms with van der Waals surface area (Å²) in [5.74, 6) is -1.90. The Morgan fingerprint density at radius 1 is 1.33 bits per heavy atom. The SMILES string of the molecule is CCCC[C@H](C(=O)N[C@@H](C)C(=O)[O-])n1cnc2ccccc2c1=O. The lowest BCUT2D eigenvalue weighted by Gasteiger charge is -2.22. The Hall–Kier alpha value is -2.70. The number of carboxylic acid groups (broad SMARTS) is 1. The molecule has 0 bridgehead atoms. The maximum atomic E-state index is 12.7. The fraction of sp³-hybridized carbons (Fsp3) is 0.412. The summed E-state index contributed by atoms with van der Waals surface area (Å²) in [5.41, 5.74) is 0.231. The Kier molecular flexibility index (Phi) is 5.68. The van der Waals surface area contributed by atoms with Gasteiger partial charge in [0.15, 0.2) is 0 Å². The molecule has 0 saturated carbocycles. The summed E-state index contributed by atoms with van der Waals surface area (Å²) in [4.78, 5) is 40.2. The summed E-state index contributed by atoms with van der Waals surface area (Å²) in [6.07, 6.45) is 3.32. The quantitative estimate of drug-likeness (QED) is 0.790. The summed E-state index contributed by atoms with van der Waals surface area (Å²) in [7, 11) is 0. The molecule has 7 heteroatoms. The molecule has 0 aliphatic rings. The number of carbonyl (C=O) groups excluding carboxylic acids is 2. The normalized spacial score (nSPS) is 13.4. The van der Waals surface area contributed by atoms with E-state index in [-0.39, 0.29) is 5.56 Å². The number of fused-ring (bicyclic) bond motifs is 1. The highest BCUT2D eigenvalue weighted by Gasteiger charge is 2.23. The van der Waals surface area contributed by atoms with Crippen molar-refractivity contribution in [1.82, 2.24) is 14.9 Å². The third kappa shape index (κ3) is 3.79. The first-order valence-corrected chi connectivity index (χ1v) is 7.92. The van der Waals surface area contributed by atoms with Gasteiger partial charge in [-0.2, -0.15) is 0 Å². The lowest BCUT2D eigenvalue weighted by molar-refractivity contribution is -0.307. The molecule has 2 atom stereocenters. The van der Waals surface area contributed by atoms with Gasteiger partial charge >= 0.3 is 0 Å². The Balaban J connectivity index is 2.40. The van der Waals surface area contributed by atoms with Crippen LogP contribution in [-0.4, -0.2) is 27.5 Å². The minimum atomic E-state index is -1.37. The van der Waals surface area contributed by atoms with E-state index in [4.69, 9.17) is 0 Å². The molecule has 0 radical (unpaired) electrons. The van der Waals surface area contributed by atoms with Gasteiger partial charge in [0, 0.05) is 0 Å². The molecular weight excluding hydrogens is 310 g/mol. The summed E-state index contributed by atoms with van der Waals surface area (Å²) < 4.78 is 1.27. The Labute approximate surface area is 139 Å². The second-order valence-corrected chi connectivity index (χ2v) is 5.68. The van der Waals surface area contributed by atoms with Gasteiger partial charge in [0.1, 0.15) is 6.04 Å². The number of carboxylic acids is 1. The maximum Gasteiger partial charge on any atom is 0.261 e. The second-order valence-electron chi connectivity index (χ2n) is 5.68. The van der Waals surface area contributed by atoms with Crippen LogP contribution in [0.4, 0.5) is 0 Å². The van der Waals surface area contributed by atoms with E-state index in [1.165, 1.54) is 17.8 Å². The predicted molar refractivity (Wildman–Crippen MR) is 87.2 cm³/mol. The molecule has 128 valence electrons. The molecule has 0 spiro atoms. The van der Waals surface area contributed by atoms with Crippen molar-refractivity contribution in [3.63, 3.8) is 0 Å². The van der Waals surface area contributed by atoms with Gasteiger partial charge in [-0.25, -0.2) is 4.98 Å². The fourth-order valence-corrected chi connectivity index (χ4v) is 2.47. The van der Waals surface area contributed by atoms with E-state index >= 15 is 0 Å². The summed E-state index contributed by atoms with van der Waals surface area (Å²) >= 11 is 0. The monoisotopic (exact) mass is 330 g/mol. The molecule has 1 N–H and O–H groups in total. The van der Waals surface area contributed by atoms with Crippen LogP contribution in [0.5, 0.6) is 0 Å². The highest BCUT2D eigenvalue weighted by atomic mass is 16.4. The number of para-hydroxylation sites is 1. The average molecular weight is 330 g/mol. The second kappa shape index (κ2) is 7.72. The molecular formula is C17H20N3O4-. The molecule has 24 heavy (non-hydrogen) atoms. The minimum absolute atomic E-state index is 0.321. The Morgan fingerprint density at radius 3 is 2.71 bits per heavy atom. The van der Waals surface area contributed by atoms with Crippen molar-refractivity contribution in [2.24, 2.45) is 0 Å². The average Bonchev–Trinajstić information content (AvgIpc) is 2.57. The Morgan fingerprint density at radius 2 is 2.04 bits per heavy atom. The van der Waals surface area contributed by atoms with E-state index in [2.05, 4.69) is 10.3 Å². The molecule has 0 fully saturated rings. The largest absolute Gasteiger partial charge is 0.548 e. The lowest BCUT2D eigenvalue weighted by Crippen LogP contribution is -2.48. The van der Waals surface area contributed by atoms with Crippen molar-refractivity contribution in [2.75, 3.05) is 0 Å². The van der Waals surface area contributed by atoms with Gasteiger partial charge in [0.2, 0.25) is 5.91 Å². The number of benzene rings is 1. The zero-order chi connectivity index (χ0) is 17.7. The van der Waals surface area contributed by atoms with Crippen LogP contribution < -0.4 is 16.0 Å². The molecule has 0 aliphatic heterocycles. The van der Waals surface area contributed by atoms with Crippen LogP contribution in [-0.2, 0) is 9.59 Å². The summed E-state index contributed by atoms with van der Waals surface area (Å²) in [6.45, 7) is 3.30. The van der Waals surface area contributed by atoms with E-state index in [0.717, 1.165) is 12.8 Å². The first kappa shape index (κ1) is 17.7. The highest BCUT2D eigenvalue weighted by Crippen LogP contribution is 2.15. The van der Waals surface area contributed by atoms with Crippen LogP contribution in [0, 0.1) is 0 Å². The number of hydrogen-bond donors (Lipinski definition) is 1. The van der Waals surface area contributed by atoms with Gasteiger partial charge in [-0.1, -0.05) is 31.9 Å². The smallest absolute Gasteiger partial charge is 0.261 e. The topological polar surface area (TPSA) is 104 Å². The first-order valence-electron chi connectivity index (χ1n) is 7.92. The van der Waals surface area contributed by atoms with Crippen LogP contribution in [0.1, 0.15) is 39.2 Å². The molecule has 2 aromatic rings. The number of nitrogens with zero attached hydrogens (tertiary/aromatic N) is 2. The summed E-state index contributed by atoms with van der Waals surface area (Å²) in [5, 5.41) is 13.6. The third-order valence-corrected chi connectivity index (χ3v) is 3.87. The van der Waals surface area contributed by atoms with E-state index in [0.29, 0.717) is 17.3 Å². The zero-order valence-electron chi connectivity index (χ0n) is 13.7. The zero-order valence-corrected chi connectivity index (χ0v) is 13.7. The molecule has 1 amide bonds. The number of unbranched alkanes of at least 4 members (excludes halogenated alkanes) is 1. The molecule has 1 aromatic carbocycles. The van der Waals surface area contributed by atoms with Gasteiger partial charge in [0.05, 0.1) is 29.2 Å². The van der Waals surface area contributed by atoms with Crippen LogP contribution in [0.15, 0.2) is 35.4 Å². The fourth-order valence-electron chi connectivity index (χ4n) is 2.47. The number of hydrogen-bond acceptors (Lipinski definition) is 5. The number of carbonyl (C=O) groups is 2. The van der Waals surface area contributed by atoms with E-state index < -0.39 is 24.0 Å². The number of nitrogens with one attached hydrogen (secondary N) is 1. The number of aliphatic carboxylic acids is 1. The first-order chi connectivity index (χ1) is 11.5. The molecule has 1 aromatic heterocycles. The van der Waals surface area contributed by atoms with E-state index in [1.54, 1.807) is 24.3 Å². The van der Waals surface area contributed by atoms with Crippen molar-refractivity contribution in [2.45, 2.75) is 45.2 Å². The van der Waals surface area contributed by atoms with Crippen molar-refractivity contribution in [3.05, 3.63) is 40.9 Å². The maximum absolute atomic E-state index is 12.7. The van der Waals surface area contributed by atoms with Crippen molar-refractivity contribution in [3.8, 4) is 0 Å². The van der Waals surface area contributed by atoms with Gasteiger partial charge in [0.25, 0.3) is 5.56 Å². The van der Waals surface area contributed by atoms with Crippen LogP contribution >= 0.6 is 0 Å². The highest BCUT2D eigenvalue weighted by molar-refractivity contribution is 5.85. The molecule has 2 rings (SSSR count). The molecule has 0 saturated heterocycles. The predicted octanol–water partition coefficient (Wildman–Crippen LogP) is 0.382.